The minimum Gasteiger partial charge on any atom is -0.464 e. The van der Waals surface area contributed by atoms with Crippen molar-refractivity contribution < 1.29 is 23.7 Å². The zero-order valence-corrected chi connectivity index (χ0v) is 18.4. The third-order valence-electron chi connectivity index (χ3n) is 5.10. The van der Waals surface area contributed by atoms with Gasteiger partial charge >= 0.3 is 0 Å². The van der Waals surface area contributed by atoms with E-state index in [0.29, 0.717) is 5.56 Å². The SMILES string of the molecule is Cc1ccc2c(CC(=O)NCCN3C(=O)SC(=Cc4ccc([N+](=O)[O-])cc4)C3=O)coc2c1. The monoisotopic (exact) mass is 465 g/mol. The van der Waals surface area contributed by atoms with Crippen LogP contribution >= 0.6 is 11.8 Å². The Hall–Kier alpha value is -3.92. The molecule has 0 radical (unpaired) electrons. The van der Waals surface area contributed by atoms with Gasteiger partial charge < -0.3 is 9.73 Å². The van der Waals surface area contributed by atoms with Crippen LogP contribution in [0.1, 0.15) is 16.7 Å². The molecule has 0 saturated carbocycles. The number of rotatable bonds is 7. The Morgan fingerprint density at radius 2 is 1.97 bits per heavy atom. The first-order valence-electron chi connectivity index (χ1n) is 10.0. The number of fused-ring (bicyclic) bond motifs is 1. The lowest BCUT2D eigenvalue weighted by atomic mass is 10.1. The van der Waals surface area contributed by atoms with Crippen molar-refractivity contribution >= 4 is 51.5 Å². The van der Waals surface area contributed by atoms with Crippen LogP contribution in [0.3, 0.4) is 0 Å². The van der Waals surface area contributed by atoms with E-state index in [9.17, 15) is 24.5 Å². The van der Waals surface area contributed by atoms with Crippen LogP contribution in [-0.2, 0) is 16.0 Å². The van der Waals surface area contributed by atoms with Crippen molar-refractivity contribution in [3.8, 4) is 0 Å². The van der Waals surface area contributed by atoms with E-state index in [-0.39, 0.29) is 36.0 Å². The number of aryl methyl sites for hydroxylation is 1. The Bertz CT molecular complexity index is 1300. The van der Waals surface area contributed by atoms with Gasteiger partial charge in [0, 0.05) is 36.2 Å². The zero-order chi connectivity index (χ0) is 23.5. The number of carbonyl (C=O) groups is 3. The third-order valence-corrected chi connectivity index (χ3v) is 6.00. The highest BCUT2D eigenvalue weighted by atomic mass is 32.2. The zero-order valence-electron chi connectivity index (χ0n) is 17.6. The van der Waals surface area contributed by atoms with Crippen molar-refractivity contribution in [3.63, 3.8) is 0 Å². The average Bonchev–Trinajstić information content (AvgIpc) is 3.28. The van der Waals surface area contributed by atoms with Gasteiger partial charge in [0.25, 0.3) is 16.8 Å². The van der Waals surface area contributed by atoms with Crippen molar-refractivity contribution in [2.75, 3.05) is 13.1 Å². The van der Waals surface area contributed by atoms with Gasteiger partial charge in [-0.2, -0.15) is 0 Å². The second-order valence-electron chi connectivity index (χ2n) is 7.47. The second kappa shape index (κ2) is 9.29. The van der Waals surface area contributed by atoms with E-state index in [1.54, 1.807) is 6.26 Å². The molecule has 2 heterocycles. The van der Waals surface area contributed by atoms with Crippen molar-refractivity contribution in [1.29, 1.82) is 0 Å². The number of thioether (sulfide) groups is 1. The molecule has 33 heavy (non-hydrogen) atoms. The first-order valence-corrected chi connectivity index (χ1v) is 10.9. The molecule has 168 valence electrons. The Labute approximate surface area is 192 Å². The fourth-order valence-electron chi connectivity index (χ4n) is 3.41. The van der Waals surface area contributed by atoms with E-state index in [1.807, 2.05) is 25.1 Å². The summed E-state index contributed by atoms with van der Waals surface area (Å²) in [6.07, 6.45) is 3.19. The predicted octanol–water partition coefficient (Wildman–Crippen LogP) is 4.04. The molecule has 3 aromatic rings. The van der Waals surface area contributed by atoms with E-state index in [4.69, 9.17) is 4.42 Å². The fraction of sp³-hybridized carbons (Fsp3) is 0.174. The van der Waals surface area contributed by atoms with Gasteiger partial charge in [-0.1, -0.05) is 12.1 Å². The molecule has 2 aromatic carbocycles. The first-order chi connectivity index (χ1) is 15.8. The van der Waals surface area contributed by atoms with E-state index in [1.165, 1.54) is 30.3 Å². The Morgan fingerprint density at radius 3 is 2.70 bits per heavy atom. The van der Waals surface area contributed by atoms with Gasteiger partial charge in [0.05, 0.1) is 22.5 Å². The molecule has 1 fully saturated rings. The van der Waals surface area contributed by atoms with Gasteiger partial charge in [-0.05, 0) is 54.1 Å². The van der Waals surface area contributed by atoms with Gasteiger partial charge in [0.2, 0.25) is 5.91 Å². The highest BCUT2D eigenvalue weighted by molar-refractivity contribution is 8.18. The Balaban J connectivity index is 1.32. The molecule has 9 nitrogen and oxygen atoms in total. The quantitative estimate of drug-likeness (QED) is 0.317. The minimum atomic E-state index is -0.512. The smallest absolute Gasteiger partial charge is 0.293 e. The van der Waals surface area contributed by atoms with Crippen LogP contribution in [0.15, 0.2) is 58.1 Å². The first kappa shape index (κ1) is 22.3. The van der Waals surface area contributed by atoms with Crippen LogP contribution in [0.25, 0.3) is 17.0 Å². The molecule has 1 saturated heterocycles. The molecular weight excluding hydrogens is 446 g/mol. The maximum atomic E-state index is 12.6. The molecule has 4 rings (SSSR count). The maximum absolute atomic E-state index is 12.6. The molecule has 1 aromatic heterocycles. The molecule has 0 unspecified atom stereocenters. The number of imide groups is 1. The minimum absolute atomic E-state index is 0.0410. The molecule has 3 amide bonds. The average molecular weight is 465 g/mol. The summed E-state index contributed by atoms with van der Waals surface area (Å²) < 4.78 is 5.50. The number of benzene rings is 2. The van der Waals surface area contributed by atoms with Crippen molar-refractivity contribution in [1.82, 2.24) is 10.2 Å². The highest BCUT2D eigenvalue weighted by Crippen LogP contribution is 2.32. The molecule has 0 aliphatic carbocycles. The van der Waals surface area contributed by atoms with E-state index in [0.717, 1.165) is 38.8 Å². The summed E-state index contributed by atoms with van der Waals surface area (Å²) >= 11 is 0.792. The number of nitro benzene ring substituents is 1. The van der Waals surface area contributed by atoms with Gasteiger partial charge in [-0.15, -0.1) is 0 Å². The van der Waals surface area contributed by atoms with Crippen LogP contribution in [-0.4, -0.2) is 40.0 Å². The molecule has 1 aliphatic heterocycles. The Morgan fingerprint density at radius 1 is 1.21 bits per heavy atom. The number of nitro groups is 1. The molecule has 1 N–H and O–H groups in total. The fourth-order valence-corrected chi connectivity index (χ4v) is 4.27. The normalized spacial score (nSPS) is 14.9. The molecule has 1 aliphatic rings. The number of nitrogens with zero attached hydrogens (tertiary/aromatic N) is 2. The van der Waals surface area contributed by atoms with Crippen LogP contribution in [0.4, 0.5) is 10.5 Å². The second-order valence-corrected chi connectivity index (χ2v) is 8.46. The Kier molecular flexibility index (Phi) is 6.27. The number of furan rings is 1. The summed E-state index contributed by atoms with van der Waals surface area (Å²) in [6, 6.07) is 11.4. The number of nitrogens with one attached hydrogen (secondary N) is 1. The number of carbonyl (C=O) groups excluding carboxylic acids is 3. The van der Waals surface area contributed by atoms with Crippen molar-refractivity contribution in [3.05, 3.63) is 80.4 Å². The molecule has 0 spiro atoms. The topological polar surface area (TPSA) is 123 Å². The van der Waals surface area contributed by atoms with Gasteiger partial charge in [0.15, 0.2) is 0 Å². The number of non-ortho nitro benzene ring substituents is 1. The van der Waals surface area contributed by atoms with Crippen LogP contribution in [0.5, 0.6) is 0 Å². The number of amides is 3. The molecule has 10 heteroatoms. The summed E-state index contributed by atoms with van der Waals surface area (Å²) in [5, 5.41) is 13.9. The highest BCUT2D eigenvalue weighted by Gasteiger charge is 2.34. The summed E-state index contributed by atoms with van der Waals surface area (Å²) in [5.74, 6) is -0.708. The van der Waals surface area contributed by atoms with Crippen molar-refractivity contribution in [2.24, 2.45) is 0 Å². The summed E-state index contributed by atoms with van der Waals surface area (Å²) in [6.45, 7) is 2.12. The van der Waals surface area contributed by atoms with E-state index in [2.05, 4.69) is 5.32 Å². The maximum Gasteiger partial charge on any atom is 0.293 e. The van der Waals surface area contributed by atoms with Gasteiger partial charge in [0.1, 0.15) is 5.58 Å². The van der Waals surface area contributed by atoms with Crippen molar-refractivity contribution in [2.45, 2.75) is 13.3 Å². The lowest BCUT2D eigenvalue weighted by Crippen LogP contribution is -2.37. The molecular formula is C23H19N3O6S. The molecule has 0 bridgehead atoms. The summed E-state index contributed by atoms with van der Waals surface area (Å²) in [7, 11) is 0. The van der Waals surface area contributed by atoms with Gasteiger partial charge in [-0.3, -0.25) is 29.4 Å². The van der Waals surface area contributed by atoms with Crippen LogP contribution < -0.4 is 5.32 Å². The third kappa shape index (κ3) is 4.96. The molecule has 0 atom stereocenters. The predicted molar refractivity (Wildman–Crippen MR) is 123 cm³/mol. The van der Waals surface area contributed by atoms with Crippen LogP contribution in [0, 0.1) is 17.0 Å². The summed E-state index contributed by atoms with van der Waals surface area (Å²) in [5.41, 5.74) is 3.05. The number of hydrogen-bond donors (Lipinski definition) is 1. The lowest BCUT2D eigenvalue weighted by Gasteiger charge is -2.12. The van der Waals surface area contributed by atoms with E-state index >= 15 is 0 Å². The number of hydrogen-bond acceptors (Lipinski definition) is 7. The largest absolute Gasteiger partial charge is 0.464 e. The van der Waals surface area contributed by atoms with E-state index < -0.39 is 16.1 Å². The standard InChI is InChI=1S/C23H19N3O6S/c1-14-2-7-18-16(13-32-19(18)10-14)12-21(27)24-8-9-25-22(28)20(33-23(25)29)11-15-3-5-17(6-4-15)26(30)31/h2-7,10-11,13H,8-9,12H2,1H3,(H,24,27). The summed E-state index contributed by atoms with van der Waals surface area (Å²) in [4.78, 5) is 48.7. The van der Waals surface area contributed by atoms with Gasteiger partial charge in [-0.25, -0.2) is 0 Å². The van der Waals surface area contributed by atoms with Crippen LogP contribution in [0.2, 0.25) is 0 Å². The lowest BCUT2D eigenvalue weighted by molar-refractivity contribution is -0.384.